The molecule has 0 bridgehead atoms. The number of halogens is 1. The molecular formula is C16H16ClNO2. The molecule has 0 aliphatic heterocycles. The Morgan fingerprint density at radius 3 is 2.45 bits per heavy atom. The minimum atomic E-state index is -0.241. The summed E-state index contributed by atoms with van der Waals surface area (Å²) in [6.07, 6.45) is 0.00395. The van der Waals surface area contributed by atoms with Gasteiger partial charge in [-0.25, -0.2) is 0 Å². The van der Waals surface area contributed by atoms with Crippen molar-refractivity contribution in [2.45, 2.75) is 20.0 Å². The summed E-state index contributed by atoms with van der Waals surface area (Å²) >= 11 is 6.03. The largest absolute Gasteiger partial charge is 0.490 e. The van der Waals surface area contributed by atoms with E-state index in [0.29, 0.717) is 22.0 Å². The van der Waals surface area contributed by atoms with Crippen LogP contribution in [0.2, 0.25) is 5.02 Å². The van der Waals surface area contributed by atoms with Crippen LogP contribution in [0.5, 0.6) is 5.75 Å². The molecule has 0 saturated heterocycles. The SMILES string of the molecule is CC(C)Oc1ccccc1C(=O)Nc1ccccc1Cl. The van der Waals surface area contributed by atoms with Crippen molar-refractivity contribution in [3.8, 4) is 5.75 Å². The first kappa shape index (κ1) is 14.4. The molecule has 2 aromatic rings. The van der Waals surface area contributed by atoms with E-state index >= 15 is 0 Å². The van der Waals surface area contributed by atoms with Crippen molar-refractivity contribution in [3.63, 3.8) is 0 Å². The minimum Gasteiger partial charge on any atom is -0.490 e. The fourth-order valence-corrected chi connectivity index (χ4v) is 1.95. The van der Waals surface area contributed by atoms with E-state index in [1.165, 1.54) is 0 Å². The van der Waals surface area contributed by atoms with Crippen molar-refractivity contribution >= 4 is 23.2 Å². The topological polar surface area (TPSA) is 38.3 Å². The molecular weight excluding hydrogens is 274 g/mol. The maximum absolute atomic E-state index is 12.3. The molecule has 0 aliphatic rings. The van der Waals surface area contributed by atoms with E-state index in [1.54, 1.807) is 30.3 Å². The summed E-state index contributed by atoms with van der Waals surface area (Å²) in [5.41, 5.74) is 1.07. The van der Waals surface area contributed by atoms with Crippen LogP contribution < -0.4 is 10.1 Å². The maximum Gasteiger partial charge on any atom is 0.259 e. The normalized spacial score (nSPS) is 10.4. The second kappa shape index (κ2) is 6.44. The lowest BCUT2D eigenvalue weighted by Gasteiger charge is -2.14. The smallest absolute Gasteiger partial charge is 0.259 e. The maximum atomic E-state index is 12.3. The first-order chi connectivity index (χ1) is 9.58. The fraction of sp³-hybridized carbons (Fsp3) is 0.188. The summed E-state index contributed by atoms with van der Waals surface area (Å²) in [6, 6.07) is 14.3. The lowest BCUT2D eigenvalue weighted by Crippen LogP contribution is -2.15. The van der Waals surface area contributed by atoms with Crippen LogP contribution in [0.15, 0.2) is 48.5 Å². The molecule has 0 radical (unpaired) electrons. The summed E-state index contributed by atoms with van der Waals surface area (Å²) in [7, 11) is 0. The highest BCUT2D eigenvalue weighted by Gasteiger charge is 2.14. The average molecular weight is 290 g/mol. The second-order valence-electron chi connectivity index (χ2n) is 4.60. The Kier molecular flexibility index (Phi) is 4.64. The molecule has 0 atom stereocenters. The van der Waals surface area contributed by atoms with Gasteiger partial charge in [-0.2, -0.15) is 0 Å². The first-order valence-electron chi connectivity index (χ1n) is 6.39. The fourth-order valence-electron chi connectivity index (χ4n) is 1.76. The Bertz CT molecular complexity index is 611. The summed E-state index contributed by atoms with van der Waals surface area (Å²) in [5, 5.41) is 3.29. The summed E-state index contributed by atoms with van der Waals surface area (Å²) in [6.45, 7) is 3.84. The van der Waals surface area contributed by atoms with Crippen molar-refractivity contribution in [2.75, 3.05) is 5.32 Å². The Hall–Kier alpha value is -2.00. The van der Waals surface area contributed by atoms with Crippen LogP contribution in [0, 0.1) is 0 Å². The molecule has 4 heteroatoms. The van der Waals surface area contributed by atoms with Gasteiger partial charge in [-0.05, 0) is 38.1 Å². The molecule has 0 aromatic heterocycles. The van der Waals surface area contributed by atoms with Crippen molar-refractivity contribution in [3.05, 3.63) is 59.1 Å². The number of hydrogen-bond acceptors (Lipinski definition) is 2. The van der Waals surface area contributed by atoms with E-state index in [-0.39, 0.29) is 12.0 Å². The number of amides is 1. The third-order valence-corrected chi connectivity index (χ3v) is 2.95. The van der Waals surface area contributed by atoms with E-state index in [1.807, 2.05) is 32.0 Å². The van der Waals surface area contributed by atoms with Crippen molar-refractivity contribution in [1.82, 2.24) is 0 Å². The highest BCUT2D eigenvalue weighted by Crippen LogP contribution is 2.24. The third kappa shape index (κ3) is 3.52. The average Bonchev–Trinajstić information content (AvgIpc) is 2.41. The molecule has 1 amide bonds. The lowest BCUT2D eigenvalue weighted by atomic mass is 10.1. The van der Waals surface area contributed by atoms with Crippen molar-refractivity contribution < 1.29 is 9.53 Å². The van der Waals surface area contributed by atoms with Gasteiger partial charge < -0.3 is 10.1 Å². The van der Waals surface area contributed by atoms with Gasteiger partial charge in [0.1, 0.15) is 5.75 Å². The van der Waals surface area contributed by atoms with Crippen LogP contribution in [0.1, 0.15) is 24.2 Å². The number of benzene rings is 2. The molecule has 0 heterocycles. The predicted octanol–water partition coefficient (Wildman–Crippen LogP) is 4.38. The number of rotatable bonds is 4. The molecule has 2 rings (SSSR count). The van der Waals surface area contributed by atoms with Crippen LogP contribution in [-0.4, -0.2) is 12.0 Å². The molecule has 0 aliphatic carbocycles. The van der Waals surface area contributed by atoms with Gasteiger partial charge in [0, 0.05) is 0 Å². The van der Waals surface area contributed by atoms with Gasteiger partial charge >= 0.3 is 0 Å². The minimum absolute atomic E-state index is 0.00395. The molecule has 3 nitrogen and oxygen atoms in total. The van der Waals surface area contributed by atoms with Gasteiger partial charge in [0.05, 0.1) is 22.4 Å². The van der Waals surface area contributed by atoms with Crippen LogP contribution in [0.3, 0.4) is 0 Å². The van der Waals surface area contributed by atoms with E-state index in [2.05, 4.69) is 5.32 Å². The van der Waals surface area contributed by atoms with Crippen LogP contribution in [-0.2, 0) is 0 Å². The molecule has 1 N–H and O–H groups in total. The standard InChI is InChI=1S/C16H16ClNO2/c1-11(2)20-15-10-6-3-7-12(15)16(19)18-14-9-5-4-8-13(14)17/h3-11H,1-2H3,(H,18,19). The van der Waals surface area contributed by atoms with E-state index < -0.39 is 0 Å². The second-order valence-corrected chi connectivity index (χ2v) is 5.00. The predicted molar refractivity (Wildman–Crippen MR) is 81.6 cm³/mol. The zero-order valence-electron chi connectivity index (χ0n) is 11.4. The molecule has 0 spiro atoms. The molecule has 0 fully saturated rings. The number of ether oxygens (including phenoxy) is 1. The number of carbonyl (C=O) groups excluding carboxylic acids is 1. The van der Waals surface area contributed by atoms with Crippen molar-refractivity contribution in [1.29, 1.82) is 0 Å². The highest BCUT2D eigenvalue weighted by atomic mass is 35.5. The van der Waals surface area contributed by atoms with Gasteiger partial charge in [0.25, 0.3) is 5.91 Å². The van der Waals surface area contributed by atoms with Gasteiger partial charge in [0.15, 0.2) is 0 Å². The van der Waals surface area contributed by atoms with Crippen LogP contribution in [0.25, 0.3) is 0 Å². The number of nitrogens with one attached hydrogen (secondary N) is 1. The highest BCUT2D eigenvalue weighted by molar-refractivity contribution is 6.33. The summed E-state index contributed by atoms with van der Waals surface area (Å²) < 4.78 is 5.64. The van der Waals surface area contributed by atoms with Gasteiger partial charge in [-0.15, -0.1) is 0 Å². The monoisotopic (exact) mass is 289 g/mol. The van der Waals surface area contributed by atoms with Gasteiger partial charge in [-0.3, -0.25) is 4.79 Å². The van der Waals surface area contributed by atoms with Crippen molar-refractivity contribution in [2.24, 2.45) is 0 Å². The van der Waals surface area contributed by atoms with E-state index in [4.69, 9.17) is 16.3 Å². The Labute approximate surface area is 123 Å². The van der Waals surface area contributed by atoms with Crippen LogP contribution in [0.4, 0.5) is 5.69 Å². The van der Waals surface area contributed by atoms with E-state index in [0.717, 1.165) is 0 Å². The molecule has 104 valence electrons. The third-order valence-electron chi connectivity index (χ3n) is 2.62. The number of para-hydroxylation sites is 2. The van der Waals surface area contributed by atoms with Gasteiger partial charge in [0.2, 0.25) is 0 Å². The molecule has 0 unspecified atom stereocenters. The molecule has 0 saturated carbocycles. The number of hydrogen-bond donors (Lipinski definition) is 1. The van der Waals surface area contributed by atoms with Gasteiger partial charge in [-0.1, -0.05) is 35.9 Å². The first-order valence-corrected chi connectivity index (χ1v) is 6.77. The number of carbonyl (C=O) groups is 1. The lowest BCUT2D eigenvalue weighted by molar-refractivity contribution is 0.102. The Balaban J connectivity index is 2.23. The Morgan fingerprint density at radius 1 is 1.10 bits per heavy atom. The quantitative estimate of drug-likeness (QED) is 0.907. The molecule has 2 aromatic carbocycles. The zero-order chi connectivity index (χ0) is 14.5. The Morgan fingerprint density at radius 2 is 1.75 bits per heavy atom. The van der Waals surface area contributed by atoms with Crippen LogP contribution >= 0.6 is 11.6 Å². The number of anilines is 1. The summed E-state index contributed by atoms with van der Waals surface area (Å²) in [5.74, 6) is 0.321. The molecule has 20 heavy (non-hydrogen) atoms. The van der Waals surface area contributed by atoms with E-state index in [9.17, 15) is 4.79 Å². The summed E-state index contributed by atoms with van der Waals surface area (Å²) in [4.78, 5) is 12.3. The zero-order valence-corrected chi connectivity index (χ0v) is 12.1.